The molecule has 0 fully saturated rings. The van der Waals surface area contributed by atoms with Gasteiger partial charge in [0.05, 0.1) is 11.4 Å². The van der Waals surface area contributed by atoms with Gasteiger partial charge >= 0.3 is 0 Å². The Morgan fingerprint density at radius 1 is 0.279 bits per heavy atom. The summed E-state index contributed by atoms with van der Waals surface area (Å²) in [6, 6.07) is 74.1. The number of hydrogen-bond donors (Lipinski definition) is 0. The summed E-state index contributed by atoms with van der Waals surface area (Å²) >= 11 is 0. The molecule has 0 radical (unpaired) electrons. The van der Waals surface area contributed by atoms with Gasteiger partial charge in [0.15, 0.2) is 5.82 Å². The van der Waals surface area contributed by atoms with Gasteiger partial charge in [-0.3, -0.25) is 0 Å². The van der Waals surface area contributed by atoms with E-state index in [1.54, 1.807) is 0 Å². The fourth-order valence-electron chi connectivity index (χ4n) is 9.67. The lowest BCUT2D eigenvalue weighted by Crippen LogP contribution is -1.96. The van der Waals surface area contributed by atoms with Crippen LogP contribution in [0.25, 0.3) is 132 Å². The molecule has 0 bridgehead atoms. The summed E-state index contributed by atoms with van der Waals surface area (Å²) in [7, 11) is 0. The van der Waals surface area contributed by atoms with Gasteiger partial charge in [0.1, 0.15) is 11.3 Å². The van der Waals surface area contributed by atoms with Crippen molar-refractivity contribution >= 4 is 75.6 Å². The standard InChI is InChI=1S/C58H34N2O/c1-2-9-42(10-3-1)58-59-50(34-51(60-58)37-23-25-38(26-24-37)53-33-43-11-4-5-18-52(43)61-53)36-21-19-35(20-22-36)45-31-44-30-29-41-13-7-16-47-46-15-6-12-39-27-28-40-14-8-17-48(56(40)54(39)46)49(32-45)57(44)55(41)47/h1-34H. The van der Waals surface area contributed by atoms with Crippen LogP contribution in [0.1, 0.15) is 0 Å². The minimum Gasteiger partial charge on any atom is -0.456 e. The molecule has 13 rings (SSSR count). The van der Waals surface area contributed by atoms with Crippen LogP contribution in [-0.4, -0.2) is 9.97 Å². The molecule has 2 aromatic heterocycles. The Balaban J connectivity index is 0.955. The quantitative estimate of drug-likeness (QED) is 0.164. The largest absolute Gasteiger partial charge is 0.456 e. The minimum atomic E-state index is 0.691. The third-order valence-electron chi connectivity index (χ3n) is 12.6. The second-order valence-corrected chi connectivity index (χ2v) is 16.1. The fourth-order valence-corrected chi connectivity index (χ4v) is 9.67. The number of furan rings is 1. The highest BCUT2D eigenvalue weighted by atomic mass is 16.3. The van der Waals surface area contributed by atoms with Gasteiger partial charge in [-0.2, -0.15) is 0 Å². The number of fused-ring (bicyclic) bond motifs is 3. The first-order valence-corrected chi connectivity index (χ1v) is 20.8. The molecule has 0 saturated heterocycles. The lowest BCUT2D eigenvalue weighted by atomic mass is 9.86. The third kappa shape index (κ3) is 5.38. The molecular weight excluding hydrogens is 741 g/mol. The smallest absolute Gasteiger partial charge is 0.160 e. The molecule has 0 aliphatic rings. The second-order valence-electron chi connectivity index (χ2n) is 16.1. The first kappa shape index (κ1) is 33.8. The van der Waals surface area contributed by atoms with Gasteiger partial charge < -0.3 is 4.42 Å². The molecule has 0 N–H and O–H groups in total. The monoisotopic (exact) mass is 774 g/mol. The number of benzene rings is 10. The molecule has 0 atom stereocenters. The van der Waals surface area contributed by atoms with Gasteiger partial charge in [-0.05, 0) is 106 Å². The number of aromatic nitrogens is 2. The van der Waals surface area contributed by atoms with Crippen LogP contribution in [0.4, 0.5) is 0 Å². The Hall–Kier alpha value is -8.14. The average Bonchev–Trinajstić information content (AvgIpc) is 3.77. The number of rotatable bonds is 5. The Kier molecular flexibility index (Phi) is 7.31. The van der Waals surface area contributed by atoms with Gasteiger partial charge in [0.2, 0.25) is 0 Å². The molecule has 11 aromatic carbocycles. The molecule has 0 saturated carbocycles. The maximum atomic E-state index is 6.17. The van der Waals surface area contributed by atoms with Crippen LogP contribution in [0.2, 0.25) is 0 Å². The van der Waals surface area contributed by atoms with Crippen molar-refractivity contribution in [2.75, 3.05) is 0 Å². The van der Waals surface area contributed by atoms with Gasteiger partial charge in [0.25, 0.3) is 0 Å². The maximum Gasteiger partial charge on any atom is 0.160 e. The van der Waals surface area contributed by atoms with Crippen molar-refractivity contribution in [3.8, 4) is 56.4 Å². The van der Waals surface area contributed by atoms with Crippen molar-refractivity contribution in [1.29, 1.82) is 0 Å². The Bertz CT molecular complexity index is 3810. The van der Waals surface area contributed by atoms with Crippen LogP contribution in [0.5, 0.6) is 0 Å². The number of hydrogen-bond acceptors (Lipinski definition) is 3. The molecule has 0 amide bonds. The van der Waals surface area contributed by atoms with E-state index < -0.39 is 0 Å². The van der Waals surface area contributed by atoms with Crippen LogP contribution in [0.15, 0.2) is 211 Å². The molecule has 0 aliphatic carbocycles. The van der Waals surface area contributed by atoms with E-state index in [4.69, 9.17) is 14.4 Å². The van der Waals surface area contributed by atoms with Crippen molar-refractivity contribution in [2.45, 2.75) is 0 Å². The minimum absolute atomic E-state index is 0.691. The zero-order valence-electron chi connectivity index (χ0n) is 32.9. The van der Waals surface area contributed by atoms with Gasteiger partial charge in [-0.25, -0.2) is 9.97 Å². The lowest BCUT2D eigenvalue weighted by Gasteiger charge is -2.17. The Morgan fingerprint density at radius 3 is 1.38 bits per heavy atom. The third-order valence-corrected chi connectivity index (χ3v) is 12.6. The summed E-state index contributed by atoms with van der Waals surface area (Å²) in [5.74, 6) is 1.54. The molecule has 3 nitrogen and oxygen atoms in total. The van der Waals surface area contributed by atoms with Crippen LogP contribution < -0.4 is 0 Å². The predicted molar refractivity (Wildman–Crippen MR) is 255 cm³/mol. The summed E-state index contributed by atoms with van der Waals surface area (Å²) in [5, 5.41) is 16.5. The molecule has 0 spiro atoms. The average molecular weight is 775 g/mol. The van der Waals surface area contributed by atoms with Crippen LogP contribution in [0.3, 0.4) is 0 Å². The summed E-state index contributed by atoms with van der Waals surface area (Å²) in [5.41, 5.74) is 8.99. The van der Waals surface area contributed by atoms with Crippen molar-refractivity contribution in [2.24, 2.45) is 0 Å². The van der Waals surface area contributed by atoms with Crippen LogP contribution in [-0.2, 0) is 0 Å². The van der Waals surface area contributed by atoms with E-state index in [2.05, 4.69) is 170 Å². The topological polar surface area (TPSA) is 38.9 Å². The zero-order chi connectivity index (χ0) is 40.0. The van der Waals surface area contributed by atoms with E-state index in [0.29, 0.717) is 5.82 Å². The van der Waals surface area contributed by atoms with Gasteiger partial charge in [-0.1, -0.05) is 176 Å². The number of nitrogens with zero attached hydrogens (tertiary/aromatic N) is 2. The molecule has 61 heavy (non-hydrogen) atoms. The Morgan fingerprint density at radius 2 is 0.770 bits per heavy atom. The summed E-state index contributed by atoms with van der Waals surface area (Å²) in [6.07, 6.45) is 0. The van der Waals surface area contributed by atoms with E-state index in [-0.39, 0.29) is 0 Å². The van der Waals surface area contributed by atoms with Gasteiger partial charge in [-0.15, -0.1) is 0 Å². The summed E-state index contributed by atoms with van der Waals surface area (Å²) < 4.78 is 6.17. The molecule has 282 valence electrons. The van der Waals surface area contributed by atoms with Crippen molar-refractivity contribution in [1.82, 2.24) is 9.97 Å². The first-order valence-electron chi connectivity index (χ1n) is 20.8. The highest BCUT2D eigenvalue weighted by molar-refractivity contribution is 6.37. The molecular formula is C58H34N2O. The molecule has 2 heterocycles. The summed E-state index contributed by atoms with van der Waals surface area (Å²) in [6.45, 7) is 0. The zero-order valence-corrected chi connectivity index (χ0v) is 32.9. The highest BCUT2D eigenvalue weighted by Gasteiger charge is 2.17. The lowest BCUT2D eigenvalue weighted by molar-refractivity contribution is 0.631. The van der Waals surface area contributed by atoms with Crippen molar-refractivity contribution in [3.63, 3.8) is 0 Å². The molecule has 0 unspecified atom stereocenters. The van der Waals surface area contributed by atoms with E-state index in [0.717, 1.165) is 55.9 Å². The van der Waals surface area contributed by atoms with Crippen LogP contribution in [0, 0.1) is 0 Å². The SMILES string of the molecule is c1ccc(-c2nc(-c3ccc(-c4cc5ccc6cccc7c8cccc9ccc%10cccc(c(c4)c5c67)c%10c98)cc3)cc(-c3ccc(-c4cc5ccccc5o4)cc3)n2)cc1. The second kappa shape index (κ2) is 13.2. The van der Waals surface area contributed by atoms with Crippen molar-refractivity contribution in [3.05, 3.63) is 206 Å². The first-order chi connectivity index (χ1) is 30.2. The molecule has 13 aromatic rings. The molecule has 0 aliphatic heterocycles. The van der Waals surface area contributed by atoms with E-state index in [1.807, 2.05) is 36.4 Å². The fraction of sp³-hybridized carbons (Fsp3) is 0. The highest BCUT2D eigenvalue weighted by Crippen LogP contribution is 2.44. The van der Waals surface area contributed by atoms with Crippen LogP contribution >= 0.6 is 0 Å². The van der Waals surface area contributed by atoms with E-state index in [1.165, 1.54) is 70.2 Å². The Labute approximate surface area is 351 Å². The van der Waals surface area contributed by atoms with E-state index in [9.17, 15) is 0 Å². The van der Waals surface area contributed by atoms with Gasteiger partial charge in [0, 0.05) is 27.6 Å². The summed E-state index contributed by atoms with van der Waals surface area (Å²) in [4.78, 5) is 10.2. The number of para-hydroxylation sites is 1. The molecule has 3 heteroatoms. The van der Waals surface area contributed by atoms with Crippen molar-refractivity contribution < 1.29 is 4.42 Å². The normalized spacial score (nSPS) is 11.9. The van der Waals surface area contributed by atoms with E-state index >= 15 is 0 Å². The maximum absolute atomic E-state index is 6.17. The predicted octanol–water partition coefficient (Wildman–Crippen LogP) is 15.9.